The molecule has 2 N–H and O–H groups in total. The van der Waals surface area contributed by atoms with Crippen LogP contribution >= 0.6 is 0 Å². The lowest BCUT2D eigenvalue weighted by Gasteiger charge is -2.30. The summed E-state index contributed by atoms with van der Waals surface area (Å²) in [6.45, 7) is 3.39. The van der Waals surface area contributed by atoms with Gasteiger partial charge >= 0.3 is 0 Å². The smallest absolute Gasteiger partial charge is 0.149 e. The Bertz CT molecular complexity index is 238. The molecule has 0 aromatic heterocycles. The third-order valence-corrected chi connectivity index (χ3v) is 2.66. The number of nitrogens with zero attached hydrogens (tertiary/aromatic N) is 1. The first-order chi connectivity index (χ1) is 7.41. The zero-order valence-corrected chi connectivity index (χ0v) is 10.6. The Morgan fingerprint density at radius 3 is 2.31 bits per heavy atom. The van der Waals surface area contributed by atoms with Crippen LogP contribution in [-0.4, -0.2) is 53.7 Å². The van der Waals surface area contributed by atoms with Gasteiger partial charge in [0.2, 0.25) is 0 Å². The van der Waals surface area contributed by atoms with Crippen LogP contribution < -0.4 is 0 Å². The molecule has 0 radical (unpaired) electrons. The van der Waals surface area contributed by atoms with Crippen molar-refractivity contribution in [3.05, 3.63) is 12.2 Å². The van der Waals surface area contributed by atoms with Crippen LogP contribution in [0.3, 0.4) is 0 Å². The highest BCUT2D eigenvalue weighted by Gasteiger charge is 2.29. The molecule has 0 saturated heterocycles. The molecule has 0 aliphatic carbocycles. The van der Waals surface area contributed by atoms with Crippen molar-refractivity contribution in [2.45, 2.75) is 32.4 Å². The fourth-order valence-electron chi connectivity index (χ4n) is 1.75. The second-order valence-corrected chi connectivity index (χ2v) is 4.38. The first kappa shape index (κ1) is 15.3. The number of Topliss-reactive ketones (excluding diaryl/α,β-unsaturated/α-hetero) is 1. The first-order valence-corrected chi connectivity index (χ1v) is 5.52. The van der Waals surface area contributed by atoms with E-state index in [0.29, 0.717) is 6.42 Å². The maximum atomic E-state index is 11.4. The molecule has 3 unspecified atom stereocenters. The highest BCUT2D eigenvalue weighted by Crippen LogP contribution is 2.16. The lowest BCUT2D eigenvalue weighted by atomic mass is 9.92. The van der Waals surface area contributed by atoms with Crippen molar-refractivity contribution in [1.29, 1.82) is 0 Å². The minimum absolute atomic E-state index is 0.00658. The Balaban J connectivity index is 4.43. The van der Waals surface area contributed by atoms with Crippen molar-refractivity contribution in [3.63, 3.8) is 0 Å². The summed E-state index contributed by atoms with van der Waals surface area (Å²) in [5.41, 5.74) is 0. The summed E-state index contributed by atoms with van der Waals surface area (Å²) < 4.78 is 0. The molecule has 94 valence electrons. The molecule has 0 fully saturated rings. The van der Waals surface area contributed by atoms with Gasteiger partial charge in [-0.2, -0.15) is 0 Å². The summed E-state index contributed by atoms with van der Waals surface area (Å²) >= 11 is 0. The number of rotatable bonds is 7. The van der Waals surface area contributed by atoms with Gasteiger partial charge in [-0.15, -0.1) is 0 Å². The SMILES string of the molecule is CC(=O)C(C(O)C(C)C/C=C/CO)N(C)C. The van der Waals surface area contributed by atoms with E-state index in [9.17, 15) is 9.90 Å². The zero-order chi connectivity index (χ0) is 12.7. The van der Waals surface area contributed by atoms with Crippen molar-refractivity contribution < 1.29 is 15.0 Å². The molecule has 0 bridgehead atoms. The second kappa shape index (κ2) is 7.54. The predicted octanol–water partition coefficient (Wildman–Crippen LogP) is 0.441. The molecule has 0 heterocycles. The lowest BCUT2D eigenvalue weighted by Crippen LogP contribution is -2.47. The molecule has 16 heavy (non-hydrogen) atoms. The molecule has 0 aliphatic rings. The fraction of sp³-hybridized carbons (Fsp3) is 0.750. The van der Waals surface area contributed by atoms with Gasteiger partial charge in [0, 0.05) is 0 Å². The van der Waals surface area contributed by atoms with E-state index in [1.54, 1.807) is 25.1 Å². The molecule has 0 amide bonds. The molecule has 0 aliphatic heterocycles. The summed E-state index contributed by atoms with van der Waals surface area (Å²) in [4.78, 5) is 13.1. The second-order valence-electron chi connectivity index (χ2n) is 4.38. The van der Waals surface area contributed by atoms with Crippen molar-refractivity contribution >= 4 is 5.78 Å². The fourth-order valence-corrected chi connectivity index (χ4v) is 1.75. The van der Waals surface area contributed by atoms with Crippen LogP contribution in [0.4, 0.5) is 0 Å². The number of aliphatic hydroxyl groups is 2. The number of likely N-dealkylation sites (N-methyl/N-ethyl adjacent to an activating group) is 1. The van der Waals surface area contributed by atoms with Crippen molar-refractivity contribution in [3.8, 4) is 0 Å². The zero-order valence-electron chi connectivity index (χ0n) is 10.6. The molecular weight excluding hydrogens is 206 g/mol. The van der Waals surface area contributed by atoms with Crippen LogP contribution in [0.25, 0.3) is 0 Å². The van der Waals surface area contributed by atoms with Gasteiger partial charge in [0.05, 0.1) is 18.8 Å². The van der Waals surface area contributed by atoms with E-state index >= 15 is 0 Å². The van der Waals surface area contributed by atoms with Crippen LogP contribution in [0.5, 0.6) is 0 Å². The van der Waals surface area contributed by atoms with E-state index in [1.165, 1.54) is 6.92 Å². The summed E-state index contributed by atoms with van der Waals surface area (Å²) in [6.07, 6.45) is 3.43. The van der Waals surface area contributed by atoms with Gasteiger partial charge in [-0.3, -0.25) is 9.69 Å². The quantitative estimate of drug-likeness (QED) is 0.622. The van der Waals surface area contributed by atoms with Gasteiger partial charge in [-0.25, -0.2) is 0 Å². The van der Waals surface area contributed by atoms with Gasteiger partial charge in [0.1, 0.15) is 5.78 Å². The number of allylic oxidation sites excluding steroid dienone is 1. The number of hydrogen-bond donors (Lipinski definition) is 2. The Labute approximate surface area is 97.6 Å². The Morgan fingerprint density at radius 1 is 1.38 bits per heavy atom. The monoisotopic (exact) mass is 229 g/mol. The topological polar surface area (TPSA) is 60.8 Å². The predicted molar refractivity (Wildman–Crippen MR) is 64.2 cm³/mol. The van der Waals surface area contributed by atoms with E-state index in [1.807, 2.05) is 13.0 Å². The Hall–Kier alpha value is -0.710. The largest absolute Gasteiger partial charge is 0.392 e. The standard InChI is InChI=1S/C12H23NO3/c1-9(7-5-6-8-14)12(16)11(10(2)15)13(3)4/h5-6,9,11-12,14,16H,7-8H2,1-4H3/b6-5+. The maximum absolute atomic E-state index is 11.4. The molecule has 3 atom stereocenters. The van der Waals surface area contributed by atoms with Crippen LogP contribution in [0.1, 0.15) is 20.3 Å². The average molecular weight is 229 g/mol. The van der Waals surface area contributed by atoms with E-state index in [-0.39, 0.29) is 18.3 Å². The van der Waals surface area contributed by atoms with Crippen LogP contribution in [0.15, 0.2) is 12.2 Å². The minimum atomic E-state index is -0.684. The third kappa shape index (κ3) is 4.88. The summed E-state index contributed by atoms with van der Waals surface area (Å²) in [6, 6.07) is -0.461. The van der Waals surface area contributed by atoms with Crippen LogP contribution in [-0.2, 0) is 4.79 Å². The van der Waals surface area contributed by atoms with Crippen molar-refractivity contribution in [1.82, 2.24) is 4.90 Å². The molecule has 0 saturated carbocycles. The number of aliphatic hydroxyl groups excluding tert-OH is 2. The number of carbonyl (C=O) groups excluding carboxylic acids is 1. The molecule has 0 aromatic carbocycles. The highest BCUT2D eigenvalue weighted by atomic mass is 16.3. The highest BCUT2D eigenvalue weighted by molar-refractivity contribution is 5.82. The molecule has 0 spiro atoms. The minimum Gasteiger partial charge on any atom is -0.392 e. The van der Waals surface area contributed by atoms with Gasteiger partial charge in [-0.05, 0) is 33.4 Å². The molecule has 4 heteroatoms. The van der Waals surface area contributed by atoms with E-state index in [0.717, 1.165) is 0 Å². The normalized spacial score (nSPS) is 17.7. The van der Waals surface area contributed by atoms with Gasteiger partial charge < -0.3 is 10.2 Å². The van der Waals surface area contributed by atoms with E-state index < -0.39 is 12.1 Å². The lowest BCUT2D eigenvalue weighted by molar-refractivity contribution is -0.126. The maximum Gasteiger partial charge on any atom is 0.149 e. The molecule has 0 rings (SSSR count). The van der Waals surface area contributed by atoms with Crippen LogP contribution in [0.2, 0.25) is 0 Å². The van der Waals surface area contributed by atoms with Crippen molar-refractivity contribution in [2.24, 2.45) is 5.92 Å². The molecule has 4 nitrogen and oxygen atoms in total. The van der Waals surface area contributed by atoms with E-state index in [2.05, 4.69) is 0 Å². The van der Waals surface area contributed by atoms with Crippen LogP contribution in [0, 0.1) is 5.92 Å². The summed E-state index contributed by atoms with van der Waals surface area (Å²) in [5.74, 6) is -0.0467. The van der Waals surface area contributed by atoms with Gasteiger partial charge in [-0.1, -0.05) is 19.1 Å². The first-order valence-electron chi connectivity index (χ1n) is 5.52. The summed E-state index contributed by atoms with van der Waals surface area (Å²) in [7, 11) is 3.57. The van der Waals surface area contributed by atoms with Gasteiger partial charge in [0.25, 0.3) is 0 Å². The number of hydrogen-bond acceptors (Lipinski definition) is 4. The van der Waals surface area contributed by atoms with Crippen molar-refractivity contribution in [2.75, 3.05) is 20.7 Å². The third-order valence-electron chi connectivity index (χ3n) is 2.66. The molecule has 0 aromatic rings. The number of carbonyl (C=O) groups is 1. The summed E-state index contributed by atoms with van der Waals surface area (Å²) in [5, 5.41) is 18.7. The molecular formula is C12H23NO3. The Morgan fingerprint density at radius 2 is 1.94 bits per heavy atom. The number of ketones is 1. The van der Waals surface area contributed by atoms with Gasteiger partial charge in [0.15, 0.2) is 0 Å². The average Bonchev–Trinajstić information content (AvgIpc) is 2.16. The van der Waals surface area contributed by atoms with E-state index in [4.69, 9.17) is 5.11 Å². The Kier molecular flexibility index (Phi) is 7.21.